The molecule has 1 aromatic rings. The molecule has 0 bridgehead atoms. The normalized spacial score (nSPS) is 11.5. The van der Waals surface area contributed by atoms with Crippen molar-refractivity contribution in [3.05, 3.63) is 37.9 Å². The van der Waals surface area contributed by atoms with Crippen LogP contribution < -0.4 is 5.32 Å². The summed E-state index contributed by atoms with van der Waals surface area (Å²) >= 11 is 0. The topological polar surface area (TPSA) is 98.3 Å². The van der Waals surface area contributed by atoms with Crippen molar-refractivity contribution in [3.8, 4) is 0 Å². The first-order chi connectivity index (χ1) is 9.04. The molecule has 7 heteroatoms. The van der Waals surface area contributed by atoms with E-state index in [0.717, 1.165) is 0 Å². The number of nitrogens with zero attached hydrogens (tertiary/aromatic N) is 2. The summed E-state index contributed by atoms with van der Waals surface area (Å²) in [6, 6.07) is 2.66. The molecular weight excluding hydrogens is 262 g/mol. The van der Waals surface area contributed by atoms with Crippen LogP contribution in [0.25, 0.3) is 0 Å². The lowest BCUT2D eigenvalue weighted by Gasteiger charge is -2.20. The van der Waals surface area contributed by atoms with Gasteiger partial charge in [-0.3, -0.25) is 20.2 Å². The predicted octanol–water partition coefficient (Wildman–Crippen LogP) is 3.62. The maximum absolute atomic E-state index is 11.2. The van der Waals surface area contributed by atoms with Crippen molar-refractivity contribution in [2.45, 2.75) is 46.1 Å². The van der Waals surface area contributed by atoms with Gasteiger partial charge in [-0.1, -0.05) is 20.8 Å². The van der Waals surface area contributed by atoms with Crippen molar-refractivity contribution >= 4 is 17.1 Å². The van der Waals surface area contributed by atoms with Crippen molar-refractivity contribution < 1.29 is 9.85 Å². The van der Waals surface area contributed by atoms with E-state index < -0.39 is 15.3 Å². The lowest BCUT2D eigenvalue weighted by atomic mass is 9.86. The Labute approximate surface area is 117 Å². The van der Waals surface area contributed by atoms with E-state index in [-0.39, 0.29) is 23.1 Å². The van der Waals surface area contributed by atoms with E-state index >= 15 is 0 Å². The van der Waals surface area contributed by atoms with Gasteiger partial charge in [0, 0.05) is 18.2 Å². The lowest BCUT2D eigenvalue weighted by molar-refractivity contribution is -0.392. The number of benzene rings is 1. The largest absolute Gasteiger partial charge is 0.372 e. The molecule has 0 aromatic heterocycles. The molecule has 1 rings (SSSR count). The summed E-state index contributed by atoms with van der Waals surface area (Å²) < 4.78 is 0. The Morgan fingerprint density at radius 1 is 1.05 bits per heavy atom. The lowest BCUT2D eigenvalue weighted by Crippen LogP contribution is -2.16. The van der Waals surface area contributed by atoms with E-state index in [1.54, 1.807) is 13.8 Å². The van der Waals surface area contributed by atoms with Crippen molar-refractivity contribution in [2.24, 2.45) is 0 Å². The van der Waals surface area contributed by atoms with Crippen molar-refractivity contribution in [1.82, 2.24) is 0 Å². The Hall–Kier alpha value is -2.18. The highest BCUT2D eigenvalue weighted by atomic mass is 16.6. The number of hydrogen-bond donors (Lipinski definition) is 1. The van der Waals surface area contributed by atoms with Gasteiger partial charge in [-0.2, -0.15) is 0 Å². The number of nitro groups is 2. The molecule has 0 aliphatic heterocycles. The van der Waals surface area contributed by atoms with Crippen LogP contribution in [-0.2, 0) is 5.41 Å². The average molecular weight is 281 g/mol. The van der Waals surface area contributed by atoms with Gasteiger partial charge in [0.25, 0.3) is 11.4 Å². The Morgan fingerprint density at radius 2 is 1.45 bits per heavy atom. The molecule has 0 atom stereocenters. The van der Waals surface area contributed by atoms with E-state index in [0.29, 0.717) is 5.56 Å². The first kappa shape index (κ1) is 15.9. The molecule has 1 N–H and O–H groups in total. The first-order valence-electron chi connectivity index (χ1n) is 6.28. The molecule has 0 spiro atoms. The van der Waals surface area contributed by atoms with Crippen LogP contribution in [0.5, 0.6) is 0 Å². The minimum Gasteiger partial charge on any atom is -0.372 e. The van der Waals surface area contributed by atoms with Crippen molar-refractivity contribution in [3.63, 3.8) is 0 Å². The van der Waals surface area contributed by atoms with E-state index in [4.69, 9.17) is 0 Å². The van der Waals surface area contributed by atoms with Crippen LogP contribution in [0.4, 0.5) is 17.1 Å². The van der Waals surface area contributed by atoms with Gasteiger partial charge in [0.1, 0.15) is 0 Å². The fourth-order valence-electron chi connectivity index (χ4n) is 1.77. The summed E-state index contributed by atoms with van der Waals surface area (Å²) in [5.74, 6) is 0. The number of hydrogen-bond acceptors (Lipinski definition) is 5. The van der Waals surface area contributed by atoms with Gasteiger partial charge in [-0.05, 0) is 24.8 Å². The SMILES string of the molecule is CC(C)Nc1c([N+](=O)[O-])cc(C(C)(C)C)cc1[N+](=O)[O-]. The second-order valence-electron chi connectivity index (χ2n) is 5.95. The summed E-state index contributed by atoms with van der Waals surface area (Å²) in [7, 11) is 0. The van der Waals surface area contributed by atoms with Gasteiger partial charge in [0.2, 0.25) is 0 Å². The number of nitro benzene ring substituents is 2. The average Bonchev–Trinajstić information content (AvgIpc) is 2.25. The molecule has 0 radical (unpaired) electrons. The number of anilines is 1. The summed E-state index contributed by atoms with van der Waals surface area (Å²) in [6.45, 7) is 9.10. The highest BCUT2D eigenvalue weighted by Gasteiger charge is 2.30. The van der Waals surface area contributed by atoms with E-state index in [2.05, 4.69) is 5.32 Å². The van der Waals surface area contributed by atoms with Crippen LogP contribution in [-0.4, -0.2) is 15.9 Å². The van der Waals surface area contributed by atoms with Gasteiger partial charge in [-0.15, -0.1) is 0 Å². The third-order valence-electron chi connectivity index (χ3n) is 2.79. The standard InChI is InChI=1S/C13H19N3O4/c1-8(2)14-12-10(15(17)18)6-9(13(3,4)5)7-11(12)16(19)20/h6-8,14H,1-5H3. The minimum atomic E-state index is -0.590. The molecule has 0 fully saturated rings. The van der Waals surface area contributed by atoms with Gasteiger partial charge in [0.15, 0.2) is 5.69 Å². The highest BCUT2D eigenvalue weighted by molar-refractivity contribution is 5.75. The molecule has 0 saturated carbocycles. The molecule has 0 amide bonds. The van der Waals surface area contributed by atoms with Crippen LogP contribution in [0, 0.1) is 20.2 Å². The Morgan fingerprint density at radius 3 is 1.70 bits per heavy atom. The zero-order valence-electron chi connectivity index (χ0n) is 12.3. The molecule has 20 heavy (non-hydrogen) atoms. The van der Waals surface area contributed by atoms with Crippen molar-refractivity contribution in [1.29, 1.82) is 0 Å². The third kappa shape index (κ3) is 3.43. The number of nitrogens with one attached hydrogen (secondary N) is 1. The molecule has 0 saturated heterocycles. The van der Waals surface area contributed by atoms with Crippen LogP contribution in [0.2, 0.25) is 0 Å². The molecule has 0 aliphatic carbocycles. The van der Waals surface area contributed by atoms with Gasteiger partial charge < -0.3 is 5.32 Å². The van der Waals surface area contributed by atoms with E-state index in [1.165, 1.54) is 12.1 Å². The molecule has 7 nitrogen and oxygen atoms in total. The summed E-state index contributed by atoms with van der Waals surface area (Å²) in [5.41, 5.74) is -0.421. The summed E-state index contributed by atoms with van der Waals surface area (Å²) in [4.78, 5) is 21.2. The van der Waals surface area contributed by atoms with Crippen LogP contribution >= 0.6 is 0 Å². The molecule has 110 valence electrons. The zero-order valence-corrected chi connectivity index (χ0v) is 12.3. The Balaban J connectivity index is 3.63. The van der Waals surface area contributed by atoms with Crippen molar-refractivity contribution in [2.75, 3.05) is 5.32 Å². The van der Waals surface area contributed by atoms with E-state index in [9.17, 15) is 20.2 Å². The quantitative estimate of drug-likeness (QED) is 0.671. The third-order valence-corrected chi connectivity index (χ3v) is 2.79. The maximum Gasteiger partial charge on any atom is 0.299 e. The monoisotopic (exact) mass is 281 g/mol. The van der Waals surface area contributed by atoms with E-state index in [1.807, 2.05) is 20.8 Å². The Kier molecular flexibility index (Phi) is 4.32. The van der Waals surface area contributed by atoms with Crippen LogP contribution in [0.15, 0.2) is 12.1 Å². The molecule has 0 aliphatic rings. The molecule has 0 unspecified atom stereocenters. The molecule has 1 aromatic carbocycles. The molecular formula is C13H19N3O4. The van der Waals surface area contributed by atoms with Crippen LogP contribution in [0.3, 0.4) is 0 Å². The predicted molar refractivity (Wildman–Crippen MR) is 77.2 cm³/mol. The van der Waals surface area contributed by atoms with Crippen LogP contribution in [0.1, 0.15) is 40.2 Å². The first-order valence-corrected chi connectivity index (χ1v) is 6.28. The Bertz CT molecular complexity index is 512. The number of rotatable bonds is 4. The van der Waals surface area contributed by atoms with Gasteiger partial charge >= 0.3 is 0 Å². The second kappa shape index (κ2) is 5.44. The smallest absolute Gasteiger partial charge is 0.299 e. The van der Waals surface area contributed by atoms with Gasteiger partial charge in [-0.25, -0.2) is 0 Å². The van der Waals surface area contributed by atoms with Gasteiger partial charge in [0.05, 0.1) is 9.85 Å². The highest BCUT2D eigenvalue weighted by Crippen LogP contribution is 2.39. The maximum atomic E-state index is 11.2. The fourth-order valence-corrected chi connectivity index (χ4v) is 1.77. The minimum absolute atomic E-state index is 0.0389. The summed E-state index contributed by atoms with van der Waals surface area (Å²) in [5, 5.41) is 25.2. The molecule has 0 heterocycles. The summed E-state index contributed by atoms with van der Waals surface area (Å²) in [6.07, 6.45) is 0. The zero-order chi connectivity index (χ0) is 15.7. The fraction of sp³-hybridized carbons (Fsp3) is 0.538. The second-order valence-corrected chi connectivity index (χ2v) is 5.95.